The smallest absolute Gasteiger partial charge is 0.231 e. The lowest BCUT2D eigenvalue weighted by Crippen LogP contribution is -2.34. The van der Waals surface area contributed by atoms with Gasteiger partial charge in [0, 0.05) is 30.9 Å². The highest BCUT2D eigenvalue weighted by Gasteiger charge is 2.24. The molecular weight excluding hydrogens is 306 g/mol. The minimum atomic E-state index is 0.259. The van der Waals surface area contributed by atoms with Crippen molar-refractivity contribution in [3.63, 3.8) is 0 Å². The average Bonchev–Trinajstić information content (AvgIpc) is 3.10. The van der Waals surface area contributed by atoms with Crippen LogP contribution in [0.1, 0.15) is 30.0 Å². The summed E-state index contributed by atoms with van der Waals surface area (Å²) in [6.45, 7) is 3.23. The normalized spacial score (nSPS) is 20.1. The van der Waals surface area contributed by atoms with Crippen molar-refractivity contribution in [2.75, 3.05) is 27.0 Å². The molecule has 1 aromatic heterocycles. The molecule has 6 nitrogen and oxygen atoms in total. The lowest BCUT2D eigenvalue weighted by molar-refractivity contribution is 0.171. The fourth-order valence-corrected chi connectivity index (χ4v) is 3.52. The minimum absolute atomic E-state index is 0.259. The summed E-state index contributed by atoms with van der Waals surface area (Å²) < 4.78 is 16.4. The topological polar surface area (TPSA) is 56.7 Å². The van der Waals surface area contributed by atoms with E-state index >= 15 is 0 Å². The first-order valence-electron chi connectivity index (χ1n) is 8.28. The quantitative estimate of drug-likeness (QED) is 0.860. The lowest BCUT2D eigenvalue weighted by atomic mass is 9.94. The zero-order valence-corrected chi connectivity index (χ0v) is 13.8. The van der Waals surface area contributed by atoms with Gasteiger partial charge in [0.05, 0.1) is 7.11 Å². The van der Waals surface area contributed by atoms with E-state index in [1.807, 2.05) is 18.3 Å². The van der Waals surface area contributed by atoms with Crippen LogP contribution in [0.25, 0.3) is 0 Å². The van der Waals surface area contributed by atoms with E-state index in [1.54, 1.807) is 13.4 Å². The summed E-state index contributed by atoms with van der Waals surface area (Å²) in [5, 5.41) is 0. The molecule has 0 saturated carbocycles. The first kappa shape index (κ1) is 15.2. The molecule has 1 aromatic carbocycles. The van der Waals surface area contributed by atoms with Crippen LogP contribution in [-0.2, 0) is 6.54 Å². The van der Waals surface area contributed by atoms with Crippen LogP contribution < -0.4 is 14.2 Å². The van der Waals surface area contributed by atoms with E-state index in [9.17, 15) is 0 Å². The van der Waals surface area contributed by atoms with Crippen LogP contribution >= 0.6 is 0 Å². The van der Waals surface area contributed by atoms with E-state index < -0.39 is 0 Å². The van der Waals surface area contributed by atoms with Crippen LogP contribution in [0.3, 0.4) is 0 Å². The number of benzene rings is 1. The minimum Gasteiger partial charge on any atom is -0.493 e. The molecule has 1 atom stereocenters. The van der Waals surface area contributed by atoms with E-state index in [1.165, 1.54) is 18.4 Å². The number of methoxy groups -OCH3 is 1. The first-order chi connectivity index (χ1) is 11.8. The van der Waals surface area contributed by atoms with Gasteiger partial charge < -0.3 is 14.2 Å². The molecule has 6 heteroatoms. The fourth-order valence-electron chi connectivity index (χ4n) is 3.52. The Morgan fingerprint density at radius 2 is 2.29 bits per heavy atom. The van der Waals surface area contributed by atoms with Gasteiger partial charge in [-0.15, -0.1) is 0 Å². The lowest BCUT2D eigenvalue weighted by Gasteiger charge is -2.32. The number of nitrogens with zero attached hydrogens (tertiary/aromatic N) is 3. The van der Waals surface area contributed by atoms with Gasteiger partial charge in [-0.2, -0.15) is 0 Å². The number of hydrogen-bond donors (Lipinski definition) is 0. The van der Waals surface area contributed by atoms with Crippen LogP contribution in [0.2, 0.25) is 0 Å². The Hall–Kier alpha value is -2.34. The monoisotopic (exact) mass is 327 g/mol. The second-order valence-electron chi connectivity index (χ2n) is 6.24. The van der Waals surface area contributed by atoms with Gasteiger partial charge >= 0.3 is 0 Å². The second-order valence-corrected chi connectivity index (χ2v) is 6.24. The van der Waals surface area contributed by atoms with Gasteiger partial charge in [0.15, 0.2) is 11.5 Å². The second kappa shape index (κ2) is 6.65. The Morgan fingerprint density at radius 1 is 1.33 bits per heavy atom. The van der Waals surface area contributed by atoms with Crippen molar-refractivity contribution in [2.24, 2.45) is 0 Å². The molecule has 0 bridgehead atoms. The number of fused-ring (bicyclic) bond motifs is 1. The molecule has 0 amide bonds. The summed E-state index contributed by atoms with van der Waals surface area (Å²) in [5.41, 5.74) is 2.32. The number of rotatable bonds is 4. The van der Waals surface area contributed by atoms with Crippen molar-refractivity contribution < 1.29 is 14.2 Å². The fraction of sp³-hybridized carbons (Fsp3) is 0.444. The van der Waals surface area contributed by atoms with E-state index in [2.05, 4.69) is 20.9 Å². The average molecular weight is 327 g/mol. The molecule has 3 heterocycles. The molecule has 0 radical (unpaired) electrons. The van der Waals surface area contributed by atoms with Crippen LogP contribution in [-0.4, -0.2) is 41.9 Å². The SMILES string of the molecule is COc1cc(CN2CCCC(c3ccncn3)C2)cc2c1OCO2. The van der Waals surface area contributed by atoms with Crippen molar-refractivity contribution in [3.8, 4) is 17.2 Å². The molecule has 2 aromatic rings. The summed E-state index contributed by atoms with van der Waals surface area (Å²) >= 11 is 0. The predicted molar refractivity (Wildman–Crippen MR) is 88.4 cm³/mol. The molecule has 1 saturated heterocycles. The van der Waals surface area contributed by atoms with Gasteiger partial charge in [0.2, 0.25) is 12.5 Å². The van der Waals surface area contributed by atoms with Crippen molar-refractivity contribution >= 4 is 0 Å². The standard InChI is InChI=1S/C18H21N3O3/c1-22-16-7-13(8-17-18(16)24-12-23-17)9-21-6-2-3-14(10-21)15-4-5-19-11-20-15/h4-5,7-8,11,14H,2-3,6,9-10,12H2,1H3. The van der Waals surface area contributed by atoms with Gasteiger partial charge in [-0.25, -0.2) is 9.97 Å². The van der Waals surface area contributed by atoms with Gasteiger partial charge in [-0.3, -0.25) is 4.90 Å². The zero-order valence-electron chi connectivity index (χ0n) is 13.8. The molecule has 2 aliphatic heterocycles. The van der Waals surface area contributed by atoms with Crippen LogP contribution in [0.4, 0.5) is 0 Å². The zero-order chi connectivity index (χ0) is 16.4. The number of hydrogen-bond acceptors (Lipinski definition) is 6. The highest BCUT2D eigenvalue weighted by molar-refractivity contribution is 5.55. The third kappa shape index (κ3) is 3.01. The maximum atomic E-state index is 5.52. The van der Waals surface area contributed by atoms with Crippen LogP contribution in [0, 0.1) is 0 Å². The molecule has 126 valence electrons. The van der Waals surface area contributed by atoms with Crippen LogP contribution in [0.15, 0.2) is 30.7 Å². The summed E-state index contributed by atoms with van der Waals surface area (Å²) in [4.78, 5) is 10.9. The number of piperidine rings is 1. The highest BCUT2D eigenvalue weighted by Crippen LogP contribution is 2.42. The first-order valence-corrected chi connectivity index (χ1v) is 8.28. The van der Waals surface area contributed by atoms with Gasteiger partial charge in [0.1, 0.15) is 6.33 Å². The van der Waals surface area contributed by atoms with Gasteiger partial charge in [-0.05, 0) is 43.1 Å². The van der Waals surface area contributed by atoms with Crippen molar-refractivity contribution in [1.29, 1.82) is 0 Å². The molecule has 24 heavy (non-hydrogen) atoms. The molecular formula is C18H21N3O3. The summed E-state index contributed by atoms with van der Waals surface area (Å²) in [6.07, 6.45) is 5.81. The Labute approximate surface area is 141 Å². The Bertz CT molecular complexity index is 708. The summed E-state index contributed by atoms with van der Waals surface area (Å²) in [7, 11) is 1.66. The van der Waals surface area contributed by atoms with Crippen molar-refractivity contribution in [1.82, 2.24) is 14.9 Å². The van der Waals surface area contributed by atoms with E-state index in [-0.39, 0.29) is 6.79 Å². The van der Waals surface area contributed by atoms with Crippen LogP contribution in [0.5, 0.6) is 17.2 Å². The number of aromatic nitrogens is 2. The van der Waals surface area contributed by atoms with Gasteiger partial charge in [0.25, 0.3) is 0 Å². The largest absolute Gasteiger partial charge is 0.493 e. The maximum absolute atomic E-state index is 5.52. The summed E-state index contributed by atoms with van der Waals surface area (Å²) in [6, 6.07) is 6.12. The molecule has 1 fully saturated rings. The van der Waals surface area contributed by atoms with E-state index in [0.717, 1.165) is 36.8 Å². The number of likely N-dealkylation sites (tertiary alicyclic amines) is 1. The van der Waals surface area contributed by atoms with E-state index in [0.29, 0.717) is 11.7 Å². The third-order valence-electron chi connectivity index (χ3n) is 4.65. The maximum Gasteiger partial charge on any atom is 0.231 e. The molecule has 2 aliphatic rings. The Kier molecular flexibility index (Phi) is 4.21. The molecule has 0 N–H and O–H groups in total. The Morgan fingerprint density at radius 3 is 3.12 bits per heavy atom. The highest BCUT2D eigenvalue weighted by atomic mass is 16.7. The third-order valence-corrected chi connectivity index (χ3v) is 4.65. The Balaban J connectivity index is 1.49. The van der Waals surface area contributed by atoms with E-state index in [4.69, 9.17) is 14.2 Å². The molecule has 1 unspecified atom stereocenters. The number of ether oxygens (including phenoxy) is 3. The molecule has 0 spiro atoms. The molecule has 4 rings (SSSR count). The molecule has 0 aliphatic carbocycles. The van der Waals surface area contributed by atoms with Gasteiger partial charge in [-0.1, -0.05) is 0 Å². The van der Waals surface area contributed by atoms with Crippen molar-refractivity contribution in [2.45, 2.75) is 25.3 Å². The predicted octanol–water partition coefficient (Wildman–Crippen LogP) is 2.59. The van der Waals surface area contributed by atoms with Crippen molar-refractivity contribution in [3.05, 3.63) is 42.0 Å². The summed E-state index contributed by atoms with van der Waals surface area (Å²) in [5.74, 6) is 2.69.